The summed E-state index contributed by atoms with van der Waals surface area (Å²) < 4.78 is 0. The molecule has 3 heteroatoms. The number of pyridine rings is 1. The van der Waals surface area contributed by atoms with Crippen LogP contribution in [0.3, 0.4) is 0 Å². The van der Waals surface area contributed by atoms with Gasteiger partial charge in [0.15, 0.2) is 0 Å². The molecule has 0 amide bonds. The standard InChI is InChI=1S/C19H24N2S/c1-15(2)22-19-11-10-17(13-20-19)18-9-6-12-21(18)14-16-7-4-3-5-8-16/h3-5,7-8,10-11,13,15,18H,6,9,12,14H2,1-2H3/t18-/m1/s1. The van der Waals surface area contributed by atoms with Gasteiger partial charge in [-0.1, -0.05) is 50.2 Å². The van der Waals surface area contributed by atoms with Gasteiger partial charge in [0.25, 0.3) is 0 Å². The Bertz CT molecular complexity index is 580. The summed E-state index contributed by atoms with van der Waals surface area (Å²) in [6.07, 6.45) is 4.60. The quantitative estimate of drug-likeness (QED) is 0.729. The molecule has 1 atom stereocenters. The zero-order valence-electron chi connectivity index (χ0n) is 13.4. The molecule has 0 aliphatic carbocycles. The fourth-order valence-corrected chi connectivity index (χ4v) is 3.85. The predicted octanol–water partition coefficient (Wildman–Crippen LogP) is 4.92. The predicted molar refractivity (Wildman–Crippen MR) is 94.1 cm³/mol. The van der Waals surface area contributed by atoms with Crippen molar-refractivity contribution >= 4 is 11.8 Å². The second kappa shape index (κ2) is 7.30. The normalized spacial score (nSPS) is 19.0. The van der Waals surface area contributed by atoms with Gasteiger partial charge in [-0.3, -0.25) is 4.90 Å². The second-order valence-corrected chi connectivity index (χ2v) is 7.81. The summed E-state index contributed by atoms with van der Waals surface area (Å²) in [6.45, 7) is 6.63. The van der Waals surface area contributed by atoms with Crippen molar-refractivity contribution in [2.24, 2.45) is 0 Å². The number of rotatable bonds is 5. The largest absolute Gasteiger partial charge is 0.292 e. The molecule has 2 heterocycles. The minimum absolute atomic E-state index is 0.519. The van der Waals surface area contributed by atoms with Gasteiger partial charge >= 0.3 is 0 Å². The Morgan fingerprint density at radius 1 is 1.18 bits per heavy atom. The van der Waals surface area contributed by atoms with E-state index in [0.717, 1.165) is 11.6 Å². The van der Waals surface area contributed by atoms with Gasteiger partial charge in [-0.15, -0.1) is 11.8 Å². The van der Waals surface area contributed by atoms with E-state index in [9.17, 15) is 0 Å². The number of hydrogen-bond donors (Lipinski definition) is 0. The molecule has 1 aromatic carbocycles. The van der Waals surface area contributed by atoms with Gasteiger partial charge in [0.1, 0.15) is 0 Å². The molecule has 0 radical (unpaired) electrons. The molecule has 116 valence electrons. The van der Waals surface area contributed by atoms with Crippen molar-refractivity contribution in [2.75, 3.05) is 6.54 Å². The van der Waals surface area contributed by atoms with Gasteiger partial charge in [0.05, 0.1) is 5.03 Å². The molecule has 2 nitrogen and oxygen atoms in total. The number of thioether (sulfide) groups is 1. The summed E-state index contributed by atoms with van der Waals surface area (Å²) in [5, 5.41) is 1.71. The van der Waals surface area contributed by atoms with Crippen LogP contribution in [0.25, 0.3) is 0 Å². The molecule has 0 bridgehead atoms. The molecule has 22 heavy (non-hydrogen) atoms. The van der Waals surface area contributed by atoms with Crippen molar-refractivity contribution in [1.82, 2.24) is 9.88 Å². The van der Waals surface area contributed by atoms with Crippen LogP contribution in [-0.2, 0) is 6.54 Å². The number of likely N-dealkylation sites (tertiary alicyclic amines) is 1. The molecule has 1 aliphatic heterocycles. The van der Waals surface area contributed by atoms with Gasteiger partial charge < -0.3 is 0 Å². The topological polar surface area (TPSA) is 16.1 Å². The third-order valence-electron chi connectivity index (χ3n) is 4.09. The Labute approximate surface area is 138 Å². The average molecular weight is 312 g/mol. The average Bonchev–Trinajstić information content (AvgIpc) is 2.97. The van der Waals surface area contributed by atoms with Gasteiger partial charge in [0, 0.05) is 24.0 Å². The lowest BCUT2D eigenvalue weighted by Gasteiger charge is -2.24. The zero-order valence-corrected chi connectivity index (χ0v) is 14.2. The van der Waals surface area contributed by atoms with Gasteiger partial charge in [-0.25, -0.2) is 4.98 Å². The maximum absolute atomic E-state index is 4.64. The molecule has 0 saturated carbocycles. The minimum Gasteiger partial charge on any atom is -0.292 e. The molecule has 1 fully saturated rings. The molecule has 1 aromatic heterocycles. The van der Waals surface area contributed by atoms with Crippen molar-refractivity contribution in [3.8, 4) is 0 Å². The molecular weight excluding hydrogens is 288 g/mol. The monoisotopic (exact) mass is 312 g/mol. The molecular formula is C19H24N2S. The van der Waals surface area contributed by atoms with Gasteiger partial charge in [-0.05, 0) is 36.6 Å². The Balaban J connectivity index is 1.70. The van der Waals surface area contributed by atoms with Crippen LogP contribution in [0.5, 0.6) is 0 Å². The van der Waals surface area contributed by atoms with Crippen molar-refractivity contribution in [3.05, 3.63) is 59.8 Å². The van der Waals surface area contributed by atoms with Crippen LogP contribution in [0.1, 0.15) is 43.9 Å². The van der Waals surface area contributed by atoms with Crippen molar-refractivity contribution in [3.63, 3.8) is 0 Å². The van der Waals surface area contributed by atoms with E-state index >= 15 is 0 Å². The SMILES string of the molecule is CC(C)Sc1ccc([C@H]2CCCN2Cc2ccccc2)cn1. The van der Waals surface area contributed by atoms with Crippen molar-refractivity contribution in [2.45, 2.75) is 49.6 Å². The first-order chi connectivity index (χ1) is 10.7. The highest BCUT2D eigenvalue weighted by Crippen LogP contribution is 2.33. The van der Waals surface area contributed by atoms with E-state index in [1.165, 1.54) is 30.5 Å². The van der Waals surface area contributed by atoms with E-state index in [2.05, 4.69) is 72.4 Å². The van der Waals surface area contributed by atoms with Crippen molar-refractivity contribution in [1.29, 1.82) is 0 Å². The molecule has 1 saturated heterocycles. The number of nitrogens with zero attached hydrogens (tertiary/aromatic N) is 2. The highest BCUT2D eigenvalue weighted by Gasteiger charge is 2.26. The first-order valence-corrected chi connectivity index (χ1v) is 9.01. The first-order valence-electron chi connectivity index (χ1n) is 8.13. The molecule has 3 rings (SSSR count). The Kier molecular flexibility index (Phi) is 5.16. The number of aromatic nitrogens is 1. The molecule has 1 aliphatic rings. The van der Waals surface area contributed by atoms with E-state index < -0.39 is 0 Å². The third-order valence-corrected chi connectivity index (χ3v) is 5.05. The zero-order chi connectivity index (χ0) is 15.4. The van der Waals surface area contributed by atoms with Gasteiger partial charge in [0.2, 0.25) is 0 Å². The summed E-state index contributed by atoms with van der Waals surface area (Å²) in [4.78, 5) is 7.23. The van der Waals surface area contributed by atoms with Crippen LogP contribution >= 0.6 is 11.8 Å². The lowest BCUT2D eigenvalue weighted by Crippen LogP contribution is -2.22. The summed E-state index contributed by atoms with van der Waals surface area (Å²) in [5.74, 6) is 0. The van der Waals surface area contributed by atoms with Crippen molar-refractivity contribution < 1.29 is 0 Å². The summed E-state index contributed by atoms with van der Waals surface area (Å²) in [5.41, 5.74) is 2.76. The number of hydrogen-bond acceptors (Lipinski definition) is 3. The van der Waals surface area contributed by atoms with Gasteiger partial charge in [-0.2, -0.15) is 0 Å². The highest BCUT2D eigenvalue weighted by molar-refractivity contribution is 7.99. The maximum Gasteiger partial charge on any atom is 0.0962 e. The van der Waals surface area contributed by atoms with Crippen LogP contribution < -0.4 is 0 Å². The maximum atomic E-state index is 4.64. The molecule has 2 aromatic rings. The van der Waals surface area contributed by atoms with Crippen LogP contribution in [0.15, 0.2) is 53.7 Å². The van der Waals surface area contributed by atoms with Crippen LogP contribution in [0.4, 0.5) is 0 Å². The highest BCUT2D eigenvalue weighted by atomic mass is 32.2. The van der Waals surface area contributed by atoms with E-state index in [0.29, 0.717) is 11.3 Å². The minimum atomic E-state index is 0.519. The fraction of sp³-hybridized carbons (Fsp3) is 0.421. The smallest absolute Gasteiger partial charge is 0.0962 e. The van der Waals surface area contributed by atoms with Crippen LogP contribution in [0, 0.1) is 0 Å². The molecule has 0 spiro atoms. The van der Waals surface area contributed by atoms with Crippen LogP contribution in [0.2, 0.25) is 0 Å². The van der Waals surface area contributed by atoms with E-state index in [4.69, 9.17) is 0 Å². The molecule has 0 unspecified atom stereocenters. The Morgan fingerprint density at radius 2 is 2.00 bits per heavy atom. The summed E-state index contributed by atoms with van der Waals surface area (Å²) in [6, 6.07) is 15.7. The van der Waals surface area contributed by atoms with E-state index in [1.807, 2.05) is 11.8 Å². The lowest BCUT2D eigenvalue weighted by molar-refractivity contribution is 0.248. The third kappa shape index (κ3) is 3.90. The summed E-state index contributed by atoms with van der Waals surface area (Å²) in [7, 11) is 0. The Hall–Kier alpha value is -1.32. The second-order valence-electron chi connectivity index (χ2n) is 6.21. The Morgan fingerprint density at radius 3 is 2.68 bits per heavy atom. The lowest BCUT2D eigenvalue weighted by atomic mass is 10.1. The van der Waals surface area contributed by atoms with E-state index in [1.54, 1.807) is 0 Å². The van der Waals surface area contributed by atoms with Crippen LogP contribution in [-0.4, -0.2) is 21.7 Å². The van der Waals surface area contributed by atoms with E-state index in [-0.39, 0.29) is 0 Å². The molecule has 0 N–H and O–H groups in total. The first kappa shape index (κ1) is 15.6. The summed E-state index contributed by atoms with van der Waals surface area (Å²) >= 11 is 1.83. The number of benzene rings is 1. The fourth-order valence-electron chi connectivity index (χ4n) is 3.11.